The summed E-state index contributed by atoms with van der Waals surface area (Å²) < 4.78 is 0. The van der Waals surface area contributed by atoms with Gasteiger partial charge >= 0.3 is 117 Å². The predicted octanol–water partition coefficient (Wildman–Crippen LogP) is -1.72. The molecule has 0 fully saturated rings. The Labute approximate surface area is 128 Å². The first-order valence-electron chi connectivity index (χ1n) is 0.651. The molecule has 0 bridgehead atoms. The van der Waals surface area contributed by atoms with Crippen molar-refractivity contribution >= 4 is 117 Å². The van der Waals surface area contributed by atoms with Gasteiger partial charge in [0.2, 0.25) is 0 Å². The van der Waals surface area contributed by atoms with E-state index in [0.29, 0.717) is 0 Å². The monoisotopic (exact) mass is 150 g/mol. The van der Waals surface area contributed by atoms with Crippen molar-refractivity contribution in [3.8, 4) is 0 Å². The second-order valence-electron chi connectivity index (χ2n) is 0.283. The standard InChI is InChI=1S/CH2O3.K.2Na.3H/c2-1(3)4;;;;;;/h(H2,2,3,4);;;;;;. The van der Waals surface area contributed by atoms with Crippen molar-refractivity contribution in [2.45, 2.75) is 0 Å². The van der Waals surface area contributed by atoms with Gasteiger partial charge < -0.3 is 10.2 Å². The first-order valence-corrected chi connectivity index (χ1v) is 0.651. The van der Waals surface area contributed by atoms with Crippen molar-refractivity contribution in [1.29, 1.82) is 0 Å². The summed E-state index contributed by atoms with van der Waals surface area (Å²) >= 11 is 0. The van der Waals surface area contributed by atoms with Gasteiger partial charge in [0, 0.05) is 0 Å². The van der Waals surface area contributed by atoms with Crippen molar-refractivity contribution in [3.05, 3.63) is 0 Å². The zero-order valence-corrected chi connectivity index (χ0v) is 1.80. The molecule has 0 aromatic carbocycles. The van der Waals surface area contributed by atoms with Crippen molar-refractivity contribution in [2.75, 3.05) is 0 Å². The summed E-state index contributed by atoms with van der Waals surface area (Å²) in [7, 11) is 0. The molecular formula is CH5KNa2O3. The molecule has 6 heteroatoms. The van der Waals surface area contributed by atoms with E-state index in [0.717, 1.165) is 0 Å². The molecule has 0 aliphatic carbocycles. The molecule has 0 aromatic rings. The summed E-state index contributed by atoms with van der Waals surface area (Å²) in [6.07, 6.45) is -1.83. The van der Waals surface area contributed by atoms with Crippen molar-refractivity contribution in [3.63, 3.8) is 0 Å². The molecule has 0 saturated heterocycles. The van der Waals surface area contributed by atoms with Crippen LogP contribution in [0, 0.1) is 0 Å². The second-order valence-corrected chi connectivity index (χ2v) is 0.283. The zero-order valence-electron chi connectivity index (χ0n) is 1.80. The summed E-state index contributed by atoms with van der Waals surface area (Å²) in [5, 5.41) is 13.9. The first-order chi connectivity index (χ1) is 1.73. The summed E-state index contributed by atoms with van der Waals surface area (Å²) in [5.41, 5.74) is 0. The van der Waals surface area contributed by atoms with Crippen LogP contribution in [0.15, 0.2) is 0 Å². The molecule has 30 valence electrons. The first kappa shape index (κ1) is 22.5. The van der Waals surface area contributed by atoms with Crippen LogP contribution in [-0.4, -0.2) is 127 Å². The molecule has 0 aliphatic heterocycles. The van der Waals surface area contributed by atoms with Gasteiger partial charge in [-0.15, -0.1) is 0 Å². The molecule has 0 aliphatic rings. The van der Waals surface area contributed by atoms with E-state index < -0.39 is 6.16 Å². The van der Waals surface area contributed by atoms with Crippen LogP contribution < -0.4 is 0 Å². The SMILES string of the molecule is O=C(O)O.[KH].[NaH].[NaH]. The van der Waals surface area contributed by atoms with Gasteiger partial charge in [-0.3, -0.25) is 0 Å². The van der Waals surface area contributed by atoms with Crippen LogP contribution in [0.3, 0.4) is 0 Å². The fourth-order valence-corrected chi connectivity index (χ4v) is 0. The fourth-order valence-electron chi connectivity index (χ4n) is 0. The third kappa shape index (κ3) is 50.3. The van der Waals surface area contributed by atoms with E-state index in [9.17, 15) is 0 Å². The quantitative estimate of drug-likeness (QED) is 0.404. The molecular weight excluding hydrogens is 145 g/mol. The van der Waals surface area contributed by atoms with E-state index in [-0.39, 0.29) is 110 Å². The number of rotatable bonds is 0. The van der Waals surface area contributed by atoms with E-state index in [1.165, 1.54) is 0 Å². The third-order valence-corrected chi connectivity index (χ3v) is 0. The normalized spacial score (nSPS) is 3.43. The molecule has 0 spiro atoms. The summed E-state index contributed by atoms with van der Waals surface area (Å²) in [5.74, 6) is 0. The van der Waals surface area contributed by atoms with Crippen LogP contribution in [0.5, 0.6) is 0 Å². The molecule has 7 heavy (non-hydrogen) atoms. The summed E-state index contributed by atoms with van der Waals surface area (Å²) in [4.78, 5) is 8.56. The Balaban J connectivity index is -0.0000000150. The van der Waals surface area contributed by atoms with Gasteiger partial charge in [0.1, 0.15) is 0 Å². The minimum absolute atomic E-state index is 0. The average molecular weight is 150 g/mol. The molecule has 0 amide bonds. The Morgan fingerprint density at radius 3 is 1.14 bits per heavy atom. The van der Waals surface area contributed by atoms with Crippen LogP contribution in [0.1, 0.15) is 0 Å². The number of hydrogen-bond donors (Lipinski definition) is 2. The molecule has 0 saturated carbocycles. The van der Waals surface area contributed by atoms with E-state index in [1.54, 1.807) is 0 Å². The van der Waals surface area contributed by atoms with E-state index >= 15 is 0 Å². The molecule has 0 rings (SSSR count). The molecule has 2 N–H and O–H groups in total. The predicted molar refractivity (Wildman–Crippen MR) is 32.1 cm³/mol. The Hall–Kier alpha value is 2.91. The van der Waals surface area contributed by atoms with Gasteiger partial charge in [0.05, 0.1) is 0 Å². The van der Waals surface area contributed by atoms with Crippen LogP contribution in [0.2, 0.25) is 0 Å². The van der Waals surface area contributed by atoms with Crippen molar-refractivity contribution in [2.24, 2.45) is 0 Å². The fraction of sp³-hybridized carbons (Fsp3) is 0. The maximum absolute atomic E-state index is 8.56. The van der Waals surface area contributed by atoms with Crippen LogP contribution >= 0.6 is 0 Å². The van der Waals surface area contributed by atoms with Crippen LogP contribution in [0.4, 0.5) is 4.79 Å². The van der Waals surface area contributed by atoms with Crippen LogP contribution in [0.25, 0.3) is 0 Å². The maximum atomic E-state index is 8.56. The van der Waals surface area contributed by atoms with Gasteiger partial charge in [-0.25, -0.2) is 4.79 Å². The number of carbonyl (C=O) groups is 1. The Bertz CT molecular complexity index is 35.9. The molecule has 0 atom stereocenters. The molecule has 3 nitrogen and oxygen atoms in total. The van der Waals surface area contributed by atoms with Gasteiger partial charge in [-0.1, -0.05) is 0 Å². The zero-order chi connectivity index (χ0) is 3.58. The average Bonchev–Trinajstić information content (AvgIpc) is 0.811. The summed E-state index contributed by atoms with van der Waals surface area (Å²) in [6.45, 7) is 0. The Morgan fingerprint density at radius 2 is 1.14 bits per heavy atom. The minimum atomic E-state index is -1.83. The second kappa shape index (κ2) is 16.0. The van der Waals surface area contributed by atoms with E-state index in [2.05, 4.69) is 0 Å². The van der Waals surface area contributed by atoms with E-state index in [1.807, 2.05) is 0 Å². The number of hydrogen-bond acceptors (Lipinski definition) is 1. The molecule has 0 unspecified atom stereocenters. The molecule has 0 heterocycles. The van der Waals surface area contributed by atoms with Gasteiger partial charge in [0.15, 0.2) is 0 Å². The topological polar surface area (TPSA) is 57.5 Å². The molecule has 0 radical (unpaired) electrons. The van der Waals surface area contributed by atoms with Crippen LogP contribution in [-0.2, 0) is 0 Å². The Morgan fingerprint density at radius 1 is 1.14 bits per heavy atom. The van der Waals surface area contributed by atoms with Crippen molar-refractivity contribution in [1.82, 2.24) is 0 Å². The van der Waals surface area contributed by atoms with Crippen molar-refractivity contribution < 1.29 is 15.0 Å². The van der Waals surface area contributed by atoms with E-state index in [4.69, 9.17) is 15.0 Å². The number of carboxylic acid groups (broad SMARTS) is 2. The summed E-state index contributed by atoms with van der Waals surface area (Å²) in [6, 6.07) is 0. The third-order valence-electron chi connectivity index (χ3n) is 0. The van der Waals surface area contributed by atoms with Gasteiger partial charge in [0.25, 0.3) is 0 Å². The van der Waals surface area contributed by atoms with Gasteiger partial charge in [-0.2, -0.15) is 0 Å². The molecule has 0 aromatic heterocycles. The van der Waals surface area contributed by atoms with Gasteiger partial charge in [-0.05, 0) is 0 Å². The Kier molecular flexibility index (Phi) is 51.4.